The number of carbonyl (C=O) groups excluding carboxylic acids is 1. The second-order valence-electron chi connectivity index (χ2n) is 4.46. The van der Waals surface area contributed by atoms with Crippen molar-refractivity contribution in [3.63, 3.8) is 0 Å². The van der Waals surface area contributed by atoms with E-state index in [4.69, 9.17) is 9.47 Å². The summed E-state index contributed by atoms with van der Waals surface area (Å²) < 4.78 is 36.7. The van der Waals surface area contributed by atoms with Crippen molar-refractivity contribution in [1.29, 1.82) is 0 Å². The van der Waals surface area contributed by atoms with Gasteiger partial charge in [-0.1, -0.05) is 0 Å². The van der Waals surface area contributed by atoms with Crippen LogP contribution in [-0.4, -0.2) is 59.1 Å². The first-order chi connectivity index (χ1) is 10.0. The highest BCUT2D eigenvalue weighted by Gasteiger charge is 2.27. The zero-order valence-corrected chi connectivity index (χ0v) is 12.8. The largest absolute Gasteiger partial charge is 0.496 e. The number of carbonyl (C=O) groups is 1. The Morgan fingerprint density at radius 1 is 1.33 bits per heavy atom. The van der Waals surface area contributed by atoms with Crippen LogP contribution in [0, 0.1) is 0 Å². The molecule has 1 aromatic carbocycles. The Morgan fingerprint density at radius 2 is 2.00 bits per heavy atom. The molecule has 1 heterocycles. The summed E-state index contributed by atoms with van der Waals surface area (Å²) in [5.41, 5.74) is 0.189. The Kier molecular flexibility index (Phi) is 4.81. The van der Waals surface area contributed by atoms with E-state index < -0.39 is 15.9 Å². The Balaban J connectivity index is 2.41. The molecule has 8 heteroatoms. The van der Waals surface area contributed by atoms with Gasteiger partial charge in [0.15, 0.2) is 0 Å². The Labute approximate surface area is 123 Å². The van der Waals surface area contributed by atoms with Crippen LogP contribution in [0.25, 0.3) is 0 Å². The zero-order valence-electron chi connectivity index (χ0n) is 12.0. The second kappa shape index (κ2) is 6.42. The molecule has 1 aliphatic rings. The van der Waals surface area contributed by atoms with Gasteiger partial charge in [-0.3, -0.25) is 4.79 Å². The lowest BCUT2D eigenvalue weighted by molar-refractivity contribution is 0.0730. The maximum absolute atomic E-state index is 12.5. The van der Waals surface area contributed by atoms with Gasteiger partial charge in [0.1, 0.15) is 5.75 Å². The van der Waals surface area contributed by atoms with E-state index in [0.717, 1.165) is 0 Å². The fourth-order valence-electron chi connectivity index (χ4n) is 2.10. The predicted octanol–water partition coefficient (Wildman–Crippen LogP) is 0.0757. The highest BCUT2D eigenvalue weighted by atomic mass is 32.2. The Bertz CT molecular complexity index is 623. The number of benzene rings is 1. The van der Waals surface area contributed by atoms with Crippen molar-refractivity contribution in [2.45, 2.75) is 4.90 Å². The van der Waals surface area contributed by atoms with Gasteiger partial charge in [0.2, 0.25) is 10.0 Å². The van der Waals surface area contributed by atoms with Crippen molar-refractivity contribution in [2.75, 3.05) is 40.5 Å². The first-order valence-corrected chi connectivity index (χ1v) is 7.92. The maximum Gasteiger partial charge on any atom is 0.254 e. The third-order valence-corrected chi connectivity index (χ3v) is 5.15. The van der Waals surface area contributed by atoms with Crippen LogP contribution >= 0.6 is 0 Å². The normalized spacial score (nSPS) is 16.5. The quantitative estimate of drug-likeness (QED) is 0.850. The smallest absolute Gasteiger partial charge is 0.254 e. The molecule has 0 radical (unpaired) electrons. The molecule has 0 aliphatic carbocycles. The first kappa shape index (κ1) is 15.7. The van der Waals surface area contributed by atoms with Gasteiger partial charge < -0.3 is 14.8 Å². The molecule has 116 valence electrons. The molecule has 1 aromatic rings. The fourth-order valence-corrected chi connectivity index (χ4v) is 3.53. The van der Waals surface area contributed by atoms with Gasteiger partial charge in [0, 0.05) is 20.1 Å². The van der Waals surface area contributed by atoms with Gasteiger partial charge in [-0.2, -0.15) is 4.31 Å². The van der Waals surface area contributed by atoms with Crippen LogP contribution in [0.15, 0.2) is 23.1 Å². The fraction of sp³-hybridized carbons (Fsp3) is 0.462. The van der Waals surface area contributed by atoms with Crippen LogP contribution in [0.1, 0.15) is 10.4 Å². The summed E-state index contributed by atoms with van der Waals surface area (Å²) in [6.07, 6.45) is 0. The minimum absolute atomic E-state index is 0.0730. The molecule has 0 atom stereocenters. The average molecular weight is 314 g/mol. The van der Waals surface area contributed by atoms with E-state index in [1.54, 1.807) is 0 Å². The monoisotopic (exact) mass is 314 g/mol. The van der Waals surface area contributed by atoms with Crippen LogP contribution in [0.5, 0.6) is 5.75 Å². The van der Waals surface area contributed by atoms with E-state index in [1.807, 2.05) is 0 Å². The van der Waals surface area contributed by atoms with Crippen molar-refractivity contribution in [1.82, 2.24) is 9.62 Å². The standard InChI is InChI=1S/C13H18N2O5S/c1-14-13(16)11-9-10(3-4-12(11)19-2)21(17,18)15-5-7-20-8-6-15/h3-4,9H,5-8H2,1-2H3,(H,14,16). The van der Waals surface area contributed by atoms with Crippen molar-refractivity contribution in [2.24, 2.45) is 0 Å². The number of rotatable bonds is 4. The van der Waals surface area contributed by atoms with Crippen molar-refractivity contribution < 1.29 is 22.7 Å². The van der Waals surface area contributed by atoms with Gasteiger partial charge >= 0.3 is 0 Å². The molecule has 1 saturated heterocycles. The van der Waals surface area contributed by atoms with E-state index in [0.29, 0.717) is 32.1 Å². The van der Waals surface area contributed by atoms with Gasteiger partial charge in [0.25, 0.3) is 5.91 Å². The molecular weight excluding hydrogens is 296 g/mol. The molecule has 1 aliphatic heterocycles. The number of sulfonamides is 1. The molecule has 21 heavy (non-hydrogen) atoms. The number of ether oxygens (including phenoxy) is 2. The molecule has 0 unspecified atom stereocenters. The molecule has 0 spiro atoms. The van der Waals surface area contributed by atoms with E-state index >= 15 is 0 Å². The molecule has 0 aromatic heterocycles. The number of methoxy groups -OCH3 is 1. The van der Waals surface area contributed by atoms with E-state index in [1.165, 1.54) is 36.7 Å². The summed E-state index contributed by atoms with van der Waals surface area (Å²) in [6.45, 7) is 1.36. The third-order valence-electron chi connectivity index (χ3n) is 3.25. The lowest BCUT2D eigenvalue weighted by atomic mass is 10.2. The molecule has 1 amide bonds. The summed E-state index contributed by atoms with van der Waals surface area (Å²) in [5.74, 6) is -0.0684. The molecule has 1 fully saturated rings. The average Bonchev–Trinajstić information content (AvgIpc) is 2.54. The van der Waals surface area contributed by atoms with Crippen LogP contribution in [-0.2, 0) is 14.8 Å². The second-order valence-corrected chi connectivity index (χ2v) is 6.40. The SMILES string of the molecule is CNC(=O)c1cc(S(=O)(=O)N2CCOCC2)ccc1OC. The van der Waals surface area contributed by atoms with E-state index in [-0.39, 0.29) is 10.5 Å². The Hall–Kier alpha value is -1.64. The van der Waals surface area contributed by atoms with Crippen LogP contribution in [0.2, 0.25) is 0 Å². The molecular formula is C13H18N2O5S. The van der Waals surface area contributed by atoms with Crippen LogP contribution < -0.4 is 10.1 Å². The summed E-state index contributed by atoms with van der Waals surface area (Å²) in [7, 11) is -0.728. The number of hydrogen-bond donors (Lipinski definition) is 1. The number of hydrogen-bond acceptors (Lipinski definition) is 5. The summed E-state index contributed by atoms with van der Waals surface area (Å²) >= 11 is 0. The summed E-state index contributed by atoms with van der Waals surface area (Å²) in [6, 6.07) is 4.26. The van der Waals surface area contributed by atoms with E-state index in [9.17, 15) is 13.2 Å². The van der Waals surface area contributed by atoms with Gasteiger partial charge in [-0.05, 0) is 18.2 Å². The lowest BCUT2D eigenvalue weighted by Crippen LogP contribution is -2.40. The molecule has 0 saturated carbocycles. The first-order valence-electron chi connectivity index (χ1n) is 6.48. The Morgan fingerprint density at radius 3 is 2.57 bits per heavy atom. The van der Waals surface area contributed by atoms with Crippen LogP contribution in [0.3, 0.4) is 0 Å². The highest BCUT2D eigenvalue weighted by Crippen LogP contribution is 2.25. The minimum Gasteiger partial charge on any atom is -0.496 e. The molecule has 7 nitrogen and oxygen atoms in total. The molecule has 2 rings (SSSR count). The summed E-state index contributed by atoms with van der Waals surface area (Å²) in [5, 5.41) is 2.47. The molecule has 0 bridgehead atoms. The van der Waals surface area contributed by atoms with Crippen molar-refractivity contribution >= 4 is 15.9 Å². The lowest BCUT2D eigenvalue weighted by Gasteiger charge is -2.26. The van der Waals surface area contributed by atoms with Crippen molar-refractivity contribution in [3.05, 3.63) is 23.8 Å². The number of nitrogens with zero attached hydrogens (tertiary/aromatic N) is 1. The van der Waals surface area contributed by atoms with Crippen molar-refractivity contribution in [3.8, 4) is 5.75 Å². The molecule has 1 N–H and O–H groups in total. The van der Waals surface area contributed by atoms with E-state index in [2.05, 4.69) is 5.32 Å². The third kappa shape index (κ3) is 3.17. The minimum atomic E-state index is -3.63. The van der Waals surface area contributed by atoms with Gasteiger partial charge in [-0.15, -0.1) is 0 Å². The highest BCUT2D eigenvalue weighted by molar-refractivity contribution is 7.89. The maximum atomic E-state index is 12.5. The van der Waals surface area contributed by atoms with Gasteiger partial charge in [0.05, 0.1) is 30.8 Å². The topological polar surface area (TPSA) is 84.9 Å². The van der Waals surface area contributed by atoms with Crippen LogP contribution in [0.4, 0.5) is 0 Å². The number of amides is 1. The predicted molar refractivity (Wildman–Crippen MR) is 76.0 cm³/mol. The zero-order chi connectivity index (χ0) is 15.5. The number of morpholine rings is 1. The summed E-state index contributed by atoms with van der Waals surface area (Å²) in [4.78, 5) is 11.9. The van der Waals surface area contributed by atoms with Gasteiger partial charge in [-0.25, -0.2) is 8.42 Å². The number of nitrogens with one attached hydrogen (secondary N) is 1.